The highest BCUT2D eigenvalue weighted by atomic mass is 32.2. The fourth-order valence-electron chi connectivity index (χ4n) is 8.23. The Balaban J connectivity index is 0.00000289. The Morgan fingerprint density at radius 3 is 2.35 bits per heavy atom. The summed E-state index contributed by atoms with van der Waals surface area (Å²) < 4.78 is 8.13. The minimum Gasteiger partial charge on any atom is -0.409 e. The van der Waals surface area contributed by atoms with Gasteiger partial charge in [0.25, 0.3) is 0 Å². The second kappa shape index (κ2) is 12.5. The molecule has 2 aromatic rings. The third kappa shape index (κ3) is 5.78. The highest BCUT2D eigenvalue weighted by Gasteiger charge is 2.50. The van der Waals surface area contributed by atoms with Crippen LogP contribution in [0.15, 0.2) is 48.5 Å². The molecule has 1 atom stereocenters. The molecule has 1 unspecified atom stereocenters. The molecule has 3 heterocycles. The monoisotopic (exact) mass is 580 g/mol. The Kier molecular flexibility index (Phi) is 8.95. The van der Waals surface area contributed by atoms with E-state index in [0.717, 1.165) is 30.0 Å². The molecule has 2 saturated heterocycles. The van der Waals surface area contributed by atoms with Gasteiger partial charge in [0.1, 0.15) is 18.0 Å². The molecule has 1 N–H and O–H groups in total. The zero-order valence-corrected chi connectivity index (χ0v) is 26.0. The summed E-state index contributed by atoms with van der Waals surface area (Å²) in [6, 6.07) is 18.8. The van der Waals surface area contributed by atoms with Crippen LogP contribution < -0.4 is 14.4 Å². The summed E-state index contributed by atoms with van der Waals surface area (Å²) in [5, 5.41) is 4.19. The summed E-state index contributed by atoms with van der Waals surface area (Å²) in [5.74, 6) is 3.31. The molecule has 5 nitrogen and oxygen atoms in total. The van der Waals surface area contributed by atoms with Crippen LogP contribution >= 0.6 is 25.7 Å². The molecule has 2 aliphatic carbocycles. The Morgan fingerprint density at radius 2 is 1.62 bits per heavy atom. The van der Waals surface area contributed by atoms with E-state index >= 15 is 0 Å². The normalized spacial score (nSPS) is 26.4. The lowest BCUT2D eigenvalue weighted by molar-refractivity contribution is 0.0492. The Hall–Kier alpha value is -1.38. The Bertz CT molecular complexity index is 1110. The lowest BCUT2D eigenvalue weighted by Crippen LogP contribution is -2.59. The van der Waals surface area contributed by atoms with Gasteiger partial charge in [-0.2, -0.15) is 13.5 Å². The molecule has 3 aliphatic heterocycles. The Labute approximate surface area is 253 Å². The van der Waals surface area contributed by atoms with Crippen molar-refractivity contribution in [3.8, 4) is 5.75 Å². The van der Waals surface area contributed by atoms with E-state index in [9.17, 15) is 0 Å². The maximum Gasteiger partial charge on any atom is 0.146 e. The van der Waals surface area contributed by atoms with Crippen LogP contribution in [-0.2, 0) is 12.0 Å². The first-order valence-corrected chi connectivity index (χ1v) is 16.4. The van der Waals surface area contributed by atoms with E-state index in [1.54, 1.807) is 11.1 Å². The summed E-state index contributed by atoms with van der Waals surface area (Å²) in [5.41, 5.74) is 4.82. The summed E-state index contributed by atoms with van der Waals surface area (Å²) in [6.45, 7) is 7.29. The quantitative estimate of drug-likeness (QED) is 0.280. The number of nitrogens with one attached hydrogen (secondary N) is 1. The first-order valence-electron chi connectivity index (χ1n) is 15.7. The van der Waals surface area contributed by atoms with Gasteiger partial charge in [0.2, 0.25) is 0 Å². The van der Waals surface area contributed by atoms with Gasteiger partial charge >= 0.3 is 0 Å². The second-order valence-electron chi connectivity index (χ2n) is 13.0. The predicted octanol–water partition coefficient (Wildman–Crippen LogP) is 6.22. The van der Waals surface area contributed by atoms with E-state index in [1.807, 2.05) is 0 Å². The van der Waals surface area contributed by atoms with Crippen LogP contribution in [0.4, 0.5) is 5.69 Å². The third-order valence-corrected chi connectivity index (χ3v) is 11.3. The second-order valence-corrected chi connectivity index (χ2v) is 13.9. The van der Waals surface area contributed by atoms with Crippen LogP contribution in [0.25, 0.3) is 0 Å². The highest BCUT2D eigenvalue weighted by molar-refractivity contribution is 7.92. The number of hydrogen-bond acceptors (Lipinski definition) is 6. The van der Waals surface area contributed by atoms with Crippen LogP contribution in [-0.4, -0.2) is 61.6 Å². The van der Waals surface area contributed by atoms with Crippen LogP contribution in [0.3, 0.4) is 0 Å². The Morgan fingerprint density at radius 1 is 0.925 bits per heavy atom. The van der Waals surface area contributed by atoms with Crippen LogP contribution in [0.2, 0.25) is 0 Å². The summed E-state index contributed by atoms with van der Waals surface area (Å²) >= 11 is 1.48. The number of piperidine rings is 1. The van der Waals surface area contributed by atoms with E-state index in [4.69, 9.17) is 4.18 Å². The molecular weight excluding hydrogens is 533 g/mol. The molecule has 218 valence electrons. The van der Waals surface area contributed by atoms with E-state index in [2.05, 4.69) is 75.0 Å². The van der Waals surface area contributed by atoms with Gasteiger partial charge in [0.05, 0.1) is 0 Å². The smallest absolute Gasteiger partial charge is 0.146 e. The molecule has 2 aromatic carbocycles. The molecule has 7 rings (SSSR count). The van der Waals surface area contributed by atoms with Gasteiger partial charge < -0.3 is 19.3 Å². The minimum atomic E-state index is 0. The summed E-state index contributed by atoms with van der Waals surface area (Å²) in [4.78, 5) is 5.31. The van der Waals surface area contributed by atoms with Crippen LogP contribution in [0.5, 0.6) is 5.75 Å². The van der Waals surface area contributed by atoms with Gasteiger partial charge in [0.15, 0.2) is 0 Å². The molecule has 4 fully saturated rings. The third-order valence-electron chi connectivity index (χ3n) is 10.5. The molecule has 7 heteroatoms. The summed E-state index contributed by atoms with van der Waals surface area (Å²) in [7, 11) is 2.12. The fourth-order valence-corrected chi connectivity index (χ4v) is 8.88. The number of likely N-dealkylation sites (tertiary alicyclic amines) is 1. The molecule has 2 saturated carbocycles. The largest absolute Gasteiger partial charge is 0.409 e. The number of benzene rings is 2. The van der Waals surface area contributed by atoms with E-state index < -0.39 is 0 Å². The van der Waals surface area contributed by atoms with Crippen molar-refractivity contribution in [1.82, 2.24) is 14.5 Å². The number of fused-ring (bicyclic) bond motifs is 1. The minimum absolute atomic E-state index is 0. The maximum atomic E-state index is 5.90. The van der Waals surface area contributed by atoms with Gasteiger partial charge in [-0.1, -0.05) is 37.1 Å². The molecule has 0 spiro atoms. The first kappa shape index (κ1) is 28.7. The molecule has 40 heavy (non-hydrogen) atoms. The molecular formula is C33H48N4OS2. The molecule has 0 bridgehead atoms. The highest BCUT2D eigenvalue weighted by Crippen LogP contribution is 2.50. The van der Waals surface area contributed by atoms with Crippen molar-refractivity contribution in [2.24, 2.45) is 17.8 Å². The van der Waals surface area contributed by atoms with Crippen molar-refractivity contribution in [3.05, 3.63) is 59.7 Å². The molecule has 0 aromatic heterocycles. The number of hydrogen-bond donors (Lipinski definition) is 1. The standard InChI is InChI=1S/C33H46N4OS.H2S/c1-35(29-10-11-29)39-38-31-14-12-30(13-15-31)37-23-25(24-37)22-36-20-17-28(18-21-36)33(27-7-3-4-8-27)32-9-5-2-6-26(32)16-19-34-33;/h2,5-6,9,12-15,25,27-29,34H,3-4,7-8,10-11,16-24H2,1H3;1H2. The van der Waals surface area contributed by atoms with Crippen LogP contribution in [0.1, 0.15) is 62.5 Å². The average molecular weight is 581 g/mol. The molecule has 0 radical (unpaired) electrons. The van der Waals surface area contributed by atoms with Gasteiger partial charge in [-0.25, -0.2) is 4.31 Å². The predicted molar refractivity (Wildman–Crippen MR) is 172 cm³/mol. The molecule has 5 aliphatic rings. The van der Waals surface area contributed by atoms with E-state index in [0.29, 0.717) is 6.04 Å². The first-order chi connectivity index (χ1) is 19.2. The number of anilines is 1. The van der Waals surface area contributed by atoms with Crippen molar-refractivity contribution in [1.29, 1.82) is 0 Å². The van der Waals surface area contributed by atoms with Gasteiger partial charge in [-0.05, 0) is 105 Å². The van der Waals surface area contributed by atoms with Crippen molar-refractivity contribution in [3.63, 3.8) is 0 Å². The number of rotatable bonds is 9. The SMILES string of the molecule is CN(SOc1ccc(N2CC(CN3CCC(C4(C5CCCC5)NCCc5ccccc54)CC3)C2)cc1)C1CC1.S. The fraction of sp³-hybridized carbons (Fsp3) is 0.636. The molecule has 0 amide bonds. The summed E-state index contributed by atoms with van der Waals surface area (Å²) in [6.07, 6.45) is 12.1. The van der Waals surface area contributed by atoms with Crippen molar-refractivity contribution < 1.29 is 4.18 Å². The average Bonchev–Trinajstić information content (AvgIpc) is 3.67. The lowest BCUT2D eigenvalue weighted by atomic mass is 9.63. The van der Waals surface area contributed by atoms with Crippen LogP contribution in [0, 0.1) is 17.8 Å². The zero-order chi connectivity index (χ0) is 26.2. The van der Waals surface area contributed by atoms with Crippen molar-refractivity contribution in [2.45, 2.75) is 69.4 Å². The lowest BCUT2D eigenvalue weighted by Gasteiger charge is -2.53. The number of nitrogens with zero attached hydrogens (tertiary/aromatic N) is 3. The van der Waals surface area contributed by atoms with Crippen molar-refractivity contribution >= 4 is 31.4 Å². The van der Waals surface area contributed by atoms with E-state index in [-0.39, 0.29) is 19.0 Å². The van der Waals surface area contributed by atoms with Gasteiger partial charge in [-0.15, -0.1) is 0 Å². The zero-order valence-electron chi connectivity index (χ0n) is 24.2. The van der Waals surface area contributed by atoms with E-state index in [1.165, 1.54) is 108 Å². The van der Waals surface area contributed by atoms with Gasteiger partial charge in [0, 0.05) is 56.4 Å². The topological polar surface area (TPSA) is 31.0 Å². The van der Waals surface area contributed by atoms with Gasteiger partial charge in [-0.3, -0.25) is 0 Å². The van der Waals surface area contributed by atoms with Crippen molar-refractivity contribution in [2.75, 3.05) is 51.2 Å². The maximum absolute atomic E-state index is 5.90.